The number of halogens is 1. The second-order valence-corrected chi connectivity index (χ2v) is 5.70. The van der Waals surface area contributed by atoms with Gasteiger partial charge in [0, 0.05) is 6.54 Å². The van der Waals surface area contributed by atoms with Crippen molar-refractivity contribution in [2.45, 2.75) is 32.6 Å². The van der Waals surface area contributed by atoms with Gasteiger partial charge in [0.15, 0.2) is 0 Å². The van der Waals surface area contributed by atoms with Crippen LogP contribution in [0.5, 0.6) is 0 Å². The summed E-state index contributed by atoms with van der Waals surface area (Å²) in [5.41, 5.74) is 0.476. The van der Waals surface area contributed by atoms with Crippen LogP contribution in [0.1, 0.15) is 31.5 Å². The first-order chi connectivity index (χ1) is 9.21. The Hall–Kier alpha value is -1.20. The first-order valence-electron chi connectivity index (χ1n) is 7.01. The summed E-state index contributed by atoms with van der Waals surface area (Å²) in [4.78, 5) is 20.9. The molecule has 1 amide bonds. The number of carbonyl (C=O) groups excluding carboxylic acids is 1. The van der Waals surface area contributed by atoms with E-state index in [2.05, 4.69) is 20.6 Å². The summed E-state index contributed by atoms with van der Waals surface area (Å²) < 4.78 is 0. The summed E-state index contributed by atoms with van der Waals surface area (Å²) in [6.45, 7) is 3.61. The molecule has 1 aromatic rings. The van der Waals surface area contributed by atoms with Crippen LogP contribution >= 0.6 is 12.4 Å². The lowest BCUT2D eigenvalue weighted by molar-refractivity contribution is -0.128. The van der Waals surface area contributed by atoms with Crippen molar-refractivity contribution in [2.24, 2.45) is 11.3 Å². The van der Waals surface area contributed by atoms with Gasteiger partial charge < -0.3 is 10.6 Å². The molecule has 1 aromatic heterocycles. The Kier molecular flexibility index (Phi) is 4.60. The predicted molar refractivity (Wildman–Crippen MR) is 79.9 cm³/mol. The normalized spacial score (nSPS) is 28.4. The first-order valence-corrected chi connectivity index (χ1v) is 7.01. The zero-order valence-corrected chi connectivity index (χ0v) is 12.5. The lowest BCUT2D eigenvalue weighted by atomic mass is 9.67. The summed E-state index contributed by atoms with van der Waals surface area (Å²) in [5, 5.41) is 6.39. The molecule has 1 saturated heterocycles. The fraction of sp³-hybridized carbons (Fsp3) is 0.643. The molecule has 2 N–H and O–H groups in total. The van der Waals surface area contributed by atoms with Crippen LogP contribution in [0.2, 0.25) is 0 Å². The third-order valence-electron chi connectivity index (χ3n) is 4.53. The van der Waals surface area contributed by atoms with Gasteiger partial charge in [0.25, 0.3) is 0 Å². The minimum absolute atomic E-state index is 0. The van der Waals surface area contributed by atoms with E-state index >= 15 is 0 Å². The van der Waals surface area contributed by atoms with Crippen molar-refractivity contribution in [3.8, 4) is 0 Å². The van der Waals surface area contributed by atoms with Crippen molar-refractivity contribution in [1.82, 2.24) is 15.3 Å². The molecule has 5 nitrogen and oxygen atoms in total. The summed E-state index contributed by atoms with van der Waals surface area (Å²) in [6.07, 6.45) is 7.90. The van der Waals surface area contributed by atoms with Crippen molar-refractivity contribution in [2.75, 3.05) is 18.4 Å². The smallest absolute Gasteiger partial charge is 0.232 e. The zero-order valence-electron chi connectivity index (χ0n) is 11.7. The highest BCUT2D eigenvalue weighted by atomic mass is 35.5. The molecule has 3 rings (SSSR count). The standard InChI is InChI=1S/C14H20N4O.ClH/c1-10-16-7-12(8-17-10)18-13(19)14-5-3-2-4-11(14)6-15-9-14;/h7-8,11,15H,2-6,9H2,1H3,(H,18,19);1H/t11-,14+;/m0./s1. The molecule has 0 bridgehead atoms. The molecule has 20 heavy (non-hydrogen) atoms. The molecule has 6 heteroatoms. The van der Waals surface area contributed by atoms with Crippen molar-refractivity contribution in [3.05, 3.63) is 18.2 Å². The average molecular weight is 297 g/mol. The van der Waals surface area contributed by atoms with E-state index in [4.69, 9.17) is 0 Å². The van der Waals surface area contributed by atoms with Gasteiger partial charge in [0.2, 0.25) is 5.91 Å². The Labute approximate surface area is 125 Å². The highest BCUT2D eigenvalue weighted by Crippen LogP contribution is 2.44. The molecule has 2 aliphatic rings. The molecule has 0 radical (unpaired) electrons. The van der Waals surface area contributed by atoms with E-state index < -0.39 is 0 Å². The maximum atomic E-state index is 12.6. The predicted octanol–water partition coefficient (Wildman–Crippen LogP) is 1.93. The highest BCUT2D eigenvalue weighted by Gasteiger charge is 2.49. The molecule has 0 unspecified atom stereocenters. The van der Waals surface area contributed by atoms with E-state index in [-0.39, 0.29) is 23.7 Å². The van der Waals surface area contributed by atoms with Crippen molar-refractivity contribution >= 4 is 24.0 Å². The number of anilines is 1. The molecule has 2 atom stereocenters. The van der Waals surface area contributed by atoms with Gasteiger partial charge in [-0.1, -0.05) is 12.8 Å². The minimum atomic E-state index is -0.219. The van der Waals surface area contributed by atoms with Crippen LogP contribution in [0.25, 0.3) is 0 Å². The van der Waals surface area contributed by atoms with Gasteiger partial charge in [-0.15, -0.1) is 12.4 Å². The number of hydrogen-bond donors (Lipinski definition) is 2. The Morgan fingerprint density at radius 3 is 2.90 bits per heavy atom. The van der Waals surface area contributed by atoms with Gasteiger partial charge >= 0.3 is 0 Å². The largest absolute Gasteiger partial charge is 0.323 e. The van der Waals surface area contributed by atoms with E-state index in [0.29, 0.717) is 17.4 Å². The molecule has 2 fully saturated rings. The SMILES string of the molecule is Cc1ncc(NC(=O)[C@@]23CCCC[C@H]2CNC3)cn1.Cl. The van der Waals surface area contributed by atoms with E-state index in [0.717, 1.165) is 32.4 Å². The van der Waals surface area contributed by atoms with Crippen LogP contribution in [-0.4, -0.2) is 29.0 Å². The number of aromatic nitrogens is 2. The molecular formula is C14H21ClN4O. The van der Waals surface area contributed by atoms with E-state index in [1.807, 2.05) is 6.92 Å². The number of rotatable bonds is 2. The van der Waals surface area contributed by atoms with Crippen LogP contribution in [0.15, 0.2) is 12.4 Å². The number of aryl methyl sites for hydroxylation is 1. The van der Waals surface area contributed by atoms with Crippen LogP contribution < -0.4 is 10.6 Å². The average Bonchev–Trinajstić information content (AvgIpc) is 2.86. The zero-order chi connectivity index (χ0) is 13.3. The molecule has 1 aliphatic heterocycles. The lowest BCUT2D eigenvalue weighted by Gasteiger charge is -2.37. The van der Waals surface area contributed by atoms with Crippen molar-refractivity contribution in [3.63, 3.8) is 0 Å². The Morgan fingerprint density at radius 2 is 2.15 bits per heavy atom. The molecule has 0 aromatic carbocycles. The summed E-state index contributed by atoms with van der Waals surface area (Å²) in [7, 11) is 0. The van der Waals surface area contributed by atoms with E-state index in [1.54, 1.807) is 12.4 Å². The molecule has 0 spiro atoms. The van der Waals surface area contributed by atoms with E-state index in [1.165, 1.54) is 6.42 Å². The molecule has 110 valence electrons. The number of nitrogens with zero attached hydrogens (tertiary/aromatic N) is 2. The Bertz CT molecular complexity index is 479. The maximum absolute atomic E-state index is 12.6. The summed E-state index contributed by atoms with van der Waals surface area (Å²) in [5.74, 6) is 1.33. The summed E-state index contributed by atoms with van der Waals surface area (Å²) >= 11 is 0. The Morgan fingerprint density at radius 1 is 1.40 bits per heavy atom. The van der Waals surface area contributed by atoms with Gasteiger partial charge in [-0.3, -0.25) is 4.79 Å². The van der Waals surface area contributed by atoms with Crippen LogP contribution in [0.4, 0.5) is 5.69 Å². The minimum Gasteiger partial charge on any atom is -0.323 e. The first kappa shape index (κ1) is 15.2. The third-order valence-corrected chi connectivity index (χ3v) is 4.53. The fourth-order valence-corrected chi connectivity index (χ4v) is 3.40. The van der Waals surface area contributed by atoms with Gasteiger partial charge in [-0.2, -0.15) is 0 Å². The maximum Gasteiger partial charge on any atom is 0.232 e. The number of carbonyl (C=O) groups is 1. The quantitative estimate of drug-likeness (QED) is 0.875. The summed E-state index contributed by atoms with van der Waals surface area (Å²) in [6, 6.07) is 0. The van der Waals surface area contributed by atoms with Gasteiger partial charge in [-0.05, 0) is 32.2 Å². The Balaban J connectivity index is 0.00000147. The van der Waals surface area contributed by atoms with Gasteiger partial charge in [0.1, 0.15) is 5.82 Å². The second-order valence-electron chi connectivity index (χ2n) is 5.70. The second kappa shape index (κ2) is 6.06. The number of hydrogen-bond acceptors (Lipinski definition) is 4. The number of fused-ring (bicyclic) bond motifs is 1. The molecule has 2 heterocycles. The van der Waals surface area contributed by atoms with Crippen LogP contribution in [0, 0.1) is 18.3 Å². The van der Waals surface area contributed by atoms with E-state index in [9.17, 15) is 4.79 Å². The highest BCUT2D eigenvalue weighted by molar-refractivity contribution is 5.95. The fourth-order valence-electron chi connectivity index (χ4n) is 3.40. The van der Waals surface area contributed by atoms with Gasteiger partial charge in [-0.25, -0.2) is 9.97 Å². The number of nitrogens with one attached hydrogen (secondary N) is 2. The van der Waals surface area contributed by atoms with Crippen LogP contribution in [0.3, 0.4) is 0 Å². The topological polar surface area (TPSA) is 66.9 Å². The molecule has 1 aliphatic carbocycles. The molecule has 1 saturated carbocycles. The van der Waals surface area contributed by atoms with Crippen molar-refractivity contribution < 1.29 is 4.79 Å². The van der Waals surface area contributed by atoms with Gasteiger partial charge in [0.05, 0.1) is 23.5 Å². The lowest BCUT2D eigenvalue weighted by Crippen LogP contribution is -2.44. The number of amides is 1. The monoisotopic (exact) mass is 296 g/mol. The van der Waals surface area contributed by atoms with Crippen LogP contribution in [-0.2, 0) is 4.79 Å². The third kappa shape index (κ3) is 2.65. The molecular weight excluding hydrogens is 276 g/mol. The van der Waals surface area contributed by atoms with Crippen molar-refractivity contribution in [1.29, 1.82) is 0 Å².